The quantitative estimate of drug-likeness (QED) is 0.225. The van der Waals surface area contributed by atoms with Crippen molar-refractivity contribution in [3.05, 3.63) is 42.2 Å². The number of unbranched alkanes of at least 4 members (excludes halogenated alkanes) is 12. The van der Waals surface area contributed by atoms with E-state index < -0.39 is 0 Å². The van der Waals surface area contributed by atoms with E-state index in [1.165, 1.54) is 89.0 Å². The molecule has 1 aromatic carbocycles. The number of benzene rings is 1. The summed E-state index contributed by atoms with van der Waals surface area (Å²) in [5.41, 5.74) is 2.29. The summed E-state index contributed by atoms with van der Waals surface area (Å²) in [6.45, 7) is 5.33. The van der Waals surface area contributed by atoms with E-state index in [9.17, 15) is 0 Å². The highest BCUT2D eigenvalue weighted by Crippen LogP contribution is 2.20. The minimum atomic E-state index is 0.793. The van der Waals surface area contributed by atoms with Crippen LogP contribution in [0.4, 0.5) is 0 Å². The highest BCUT2D eigenvalue weighted by Gasteiger charge is 2.03. The molecule has 1 heterocycles. The number of ether oxygens (including phenoxy) is 1. The average molecular weight is 425 g/mol. The van der Waals surface area contributed by atoms with Crippen molar-refractivity contribution in [2.24, 2.45) is 0 Å². The van der Waals surface area contributed by atoms with Gasteiger partial charge in [-0.05, 0) is 49.1 Å². The molecule has 0 aliphatic heterocycles. The van der Waals surface area contributed by atoms with E-state index in [1.54, 1.807) is 0 Å². The Morgan fingerprint density at radius 2 is 1.13 bits per heavy atom. The molecule has 3 heteroatoms. The van der Waals surface area contributed by atoms with Gasteiger partial charge in [0.05, 0.1) is 6.61 Å². The predicted molar refractivity (Wildman–Crippen MR) is 133 cm³/mol. The van der Waals surface area contributed by atoms with E-state index in [-0.39, 0.29) is 0 Å². The Labute approximate surface area is 191 Å². The van der Waals surface area contributed by atoms with E-state index >= 15 is 0 Å². The first-order chi connectivity index (χ1) is 15.3. The van der Waals surface area contributed by atoms with Crippen molar-refractivity contribution in [2.75, 3.05) is 6.61 Å². The van der Waals surface area contributed by atoms with E-state index in [0.29, 0.717) is 0 Å². The van der Waals surface area contributed by atoms with Gasteiger partial charge in [-0.15, -0.1) is 0 Å². The van der Waals surface area contributed by atoms with Crippen molar-refractivity contribution in [3.63, 3.8) is 0 Å². The maximum Gasteiger partial charge on any atom is 0.159 e. The highest BCUT2D eigenvalue weighted by molar-refractivity contribution is 5.55. The first-order valence-electron chi connectivity index (χ1n) is 12.9. The van der Waals surface area contributed by atoms with Gasteiger partial charge in [-0.25, -0.2) is 9.97 Å². The molecule has 2 aromatic rings. The zero-order valence-corrected chi connectivity index (χ0v) is 20.1. The topological polar surface area (TPSA) is 35.0 Å². The molecular formula is C28H44N2O. The Bertz CT molecular complexity index is 666. The van der Waals surface area contributed by atoms with Crippen LogP contribution in [-0.4, -0.2) is 16.6 Å². The molecule has 1 aromatic heterocycles. The van der Waals surface area contributed by atoms with Crippen molar-refractivity contribution < 1.29 is 4.74 Å². The van der Waals surface area contributed by atoms with Crippen LogP contribution in [-0.2, 0) is 6.42 Å². The Morgan fingerprint density at radius 3 is 1.71 bits per heavy atom. The lowest BCUT2D eigenvalue weighted by Gasteiger charge is -2.07. The van der Waals surface area contributed by atoms with Crippen LogP contribution in [0.3, 0.4) is 0 Å². The van der Waals surface area contributed by atoms with Crippen molar-refractivity contribution in [1.82, 2.24) is 9.97 Å². The molecule has 0 bridgehead atoms. The number of hydrogen-bond acceptors (Lipinski definition) is 3. The summed E-state index contributed by atoms with van der Waals surface area (Å²) >= 11 is 0. The molecule has 0 aliphatic carbocycles. The summed E-state index contributed by atoms with van der Waals surface area (Å²) in [7, 11) is 0. The third-order valence-electron chi connectivity index (χ3n) is 5.90. The zero-order valence-electron chi connectivity index (χ0n) is 20.1. The van der Waals surface area contributed by atoms with Crippen molar-refractivity contribution in [2.45, 2.75) is 110 Å². The fourth-order valence-corrected chi connectivity index (χ4v) is 3.87. The summed E-state index contributed by atoms with van der Waals surface area (Å²) in [5.74, 6) is 1.73. The standard InChI is InChI=1S/C28H44N2O/c1-3-5-7-9-11-12-14-16-22-31-27-20-18-26(19-21-27)28-29-23-25(24-30-28)17-15-13-10-8-6-4-2/h18-21,23-24H,3-17,22H2,1-2H3. The second kappa shape index (κ2) is 16.8. The van der Waals surface area contributed by atoms with Crippen LogP contribution in [0, 0.1) is 0 Å². The molecule has 0 saturated carbocycles. The lowest BCUT2D eigenvalue weighted by Crippen LogP contribution is -1.97. The summed E-state index contributed by atoms with van der Waals surface area (Å²) in [6.07, 6.45) is 23.6. The molecule has 31 heavy (non-hydrogen) atoms. The van der Waals surface area contributed by atoms with Crippen LogP contribution in [0.15, 0.2) is 36.7 Å². The number of nitrogens with zero attached hydrogens (tertiary/aromatic N) is 2. The van der Waals surface area contributed by atoms with Crippen LogP contribution < -0.4 is 4.74 Å². The van der Waals surface area contributed by atoms with Crippen LogP contribution >= 0.6 is 0 Å². The Kier molecular flexibility index (Phi) is 13.7. The Hall–Kier alpha value is -1.90. The predicted octanol–water partition coefficient (Wildman–Crippen LogP) is 8.57. The molecule has 172 valence electrons. The lowest BCUT2D eigenvalue weighted by atomic mass is 10.1. The normalized spacial score (nSPS) is 11.0. The SMILES string of the molecule is CCCCCCCCCCOc1ccc(-c2ncc(CCCCCCCC)cn2)cc1. The monoisotopic (exact) mass is 424 g/mol. The highest BCUT2D eigenvalue weighted by atomic mass is 16.5. The van der Waals surface area contributed by atoms with E-state index in [0.717, 1.165) is 36.6 Å². The van der Waals surface area contributed by atoms with Crippen LogP contribution in [0.25, 0.3) is 11.4 Å². The molecule has 3 nitrogen and oxygen atoms in total. The van der Waals surface area contributed by atoms with Gasteiger partial charge in [0.1, 0.15) is 5.75 Å². The molecule has 0 saturated heterocycles. The number of aryl methyl sites for hydroxylation is 1. The molecule has 0 fully saturated rings. The second-order valence-electron chi connectivity index (χ2n) is 8.78. The fraction of sp³-hybridized carbons (Fsp3) is 0.643. The third kappa shape index (κ3) is 11.3. The Morgan fingerprint density at radius 1 is 0.613 bits per heavy atom. The maximum absolute atomic E-state index is 5.90. The second-order valence-corrected chi connectivity index (χ2v) is 8.78. The first kappa shape index (κ1) is 25.4. The maximum atomic E-state index is 5.90. The van der Waals surface area contributed by atoms with Gasteiger partial charge in [0.15, 0.2) is 5.82 Å². The zero-order chi connectivity index (χ0) is 22.0. The van der Waals surface area contributed by atoms with Crippen molar-refractivity contribution in [3.8, 4) is 17.1 Å². The minimum absolute atomic E-state index is 0.793. The molecular weight excluding hydrogens is 380 g/mol. The van der Waals surface area contributed by atoms with Gasteiger partial charge in [-0.1, -0.05) is 90.9 Å². The van der Waals surface area contributed by atoms with Crippen molar-refractivity contribution in [1.29, 1.82) is 0 Å². The average Bonchev–Trinajstić information content (AvgIpc) is 2.81. The van der Waals surface area contributed by atoms with Gasteiger partial charge in [0.25, 0.3) is 0 Å². The van der Waals surface area contributed by atoms with Crippen molar-refractivity contribution >= 4 is 0 Å². The number of rotatable bonds is 18. The Balaban J connectivity index is 1.62. The number of aromatic nitrogens is 2. The summed E-state index contributed by atoms with van der Waals surface area (Å²) in [6, 6.07) is 8.19. The van der Waals surface area contributed by atoms with Crippen LogP contribution in [0.5, 0.6) is 5.75 Å². The first-order valence-corrected chi connectivity index (χ1v) is 12.9. The molecule has 0 N–H and O–H groups in total. The van der Waals surface area contributed by atoms with E-state index in [4.69, 9.17) is 4.74 Å². The molecule has 0 unspecified atom stereocenters. The minimum Gasteiger partial charge on any atom is -0.494 e. The van der Waals surface area contributed by atoms with Crippen LogP contribution in [0.1, 0.15) is 109 Å². The van der Waals surface area contributed by atoms with Gasteiger partial charge in [0.2, 0.25) is 0 Å². The third-order valence-corrected chi connectivity index (χ3v) is 5.90. The van der Waals surface area contributed by atoms with Gasteiger partial charge in [-0.2, -0.15) is 0 Å². The molecule has 0 radical (unpaired) electrons. The molecule has 0 aliphatic rings. The largest absolute Gasteiger partial charge is 0.494 e. The smallest absolute Gasteiger partial charge is 0.159 e. The number of hydrogen-bond donors (Lipinski definition) is 0. The molecule has 2 rings (SSSR count). The van der Waals surface area contributed by atoms with Gasteiger partial charge >= 0.3 is 0 Å². The lowest BCUT2D eigenvalue weighted by molar-refractivity contribution is 0.304. The summed E-state index contributed by atoms with van der Waals surface area (Å²) < 4.78 is 5.90. The van der Waals surface area contributed by atoms with Gasteiger partial charge in [-0.3, -0.25) is 0 Å². The van der Waals surface area contributed by atoms with Gasteiger partial charge < -0.3 is 4.74 Å². The molecule has 0 amide bonds. The van der Waals surface area contributed by atoms with Crippen LogP contribution in [0.2, 0.25) is 0 Å². The summed E-state index contributed by atoms with van der Waals surface area (Å²) in [5, 5.41) is 0. The van der Waals surface area contributed by atoms with Gasteiger partial charge in [0, 0.05) is 18.0 Å². The molecule has 0 spiro atoms. The molecule has 0 atom stereocenters. The fourth-order valence-electron chi connectivity index (χ4n) is 3.87. The van der Waals surface area contributed by atoms with E-state index in [2.05, 4.69) is 35.9 Å². The van der Waals surface area contributed by atoms with E-state index in [1.807, 2.05) is 24.5 Å². The summed E-state index contributed by atoms with van der Waals surface area (Å²) in [4.78, 5) is 9.15.